The van der Waals surface area contributed by atoms with E-state index in [4.69, 9.17) is 14.2 Å². The second-order valence-electron chi connectivity index (χ2n) is 9.78. The number of esters is 1. The second kappa shape index (κ2) is 11.3. The number of carbonyl (C=O) groups excluding carboxylic acids is 1. The summed E-state index contributed by atoms with van der Waals surface area (Å²) in [6.45, 7) is -1.00. The largest absolute Gasteiger partial charge is 0.508 e. The number of hydrogen-bond acceptors (Lipinski definition) is 12. The number of aliphatic hydroxyl groups is 4. The zero-order chi connectivity index (χ0) is 29.4. The van der Waals surface area contributed by atoms with Crippen LogP contribution >= 0.6 is 0 Å². The Bertz CT molecular complexity index is 1470. The third kappa shape index (κ3) is 5.38. The van der Waals surface area contributed by atoms with Gasteiger partial charge in [-0.3, -0.25) is 0 Å². The van der Waals surface area contributed by atoms with E-state index < -0.39 is 67.1 Å². The SMILES string of the molecule is O=C(C=Cc1ccc(O)cc1)OC[C@H]1O[C@H]([C@H]2c3cc(CO)cc(O)c3Oc3c(O)ccc(O)c32)[C@H](O)[C@@H](O)[C@@H]1O. The lowest BCUT2D eigenvalue weighted by Gasteiger charge is -2.45. The van der Waals surface area contributed by atoms with Gasteiger partial charge in [0.05, 0.1) is 18.3 Å². The first kappa shape index (κ1) is 28.2. The minimum atomic E-state index is -1.78. The van der Waals surface area contributed by atoms with Crippen LogP contribution < -0.4 is 4.74 Å². The number of hydrogen-bond donors (Lipinski definition) is 8. The molecule has 12 nitrogen and oxygen atoms in total. The fourth-order valence-corrected chi connectivity index (χ4v) is 5.07. The van der Waals surface area contributed by atoms with Crippen molar-refractivity contribution < 1.29 is 59.9 Å². The summed E-state index contributed by atoms with van der Waals surface area (Å²) < 4.78 is 16.9. The lowest BCUT2D eigenvalue weighted by Crippen LogP contribution is -2.60. The normalized spacial score (nSPS) is 25.3. The Morgan fingerprint density at radius 1 is 0.854 bits per heavy atom. The van der Waals surface area contributed by atoms with Crippen molar-refractivity contribution in [3.8, 4) is 34.5 Å². The molecule has 3 aromatic carbocycles. The highest BCUT2D eigenvalue weighted by Crippen LogP contribution is 2.56. The van der Waals surface area contributed by atoms with Crippen LogP contribution in [-0.4, -0.2) is 83.9 Å². The van der Waals surface area contributed by atoms with Gasteiger partial charge in [-0.2, -0.15) is 0 Å². The first-order chi connectivity index (χ1) is 19.6. The first-order valence-corrected chi connectivity index (χ1v) is 12.6. The molecule has 0 aliphatic carbocycles. The number of aliphatic hydroxyl groups excluding tert-OH is 4. The van der Waals surface area contributed by atoms with E-state index in [1.807, 2.05) is 0 Å². The van der Waals surface area contributed by atoms with Gasteiger partial charge < -0.3 is 55.1 Å². The number of phenols is 4. The van der Waals surface area contributed by atoms with Crippen LogP contribution in [0.3, 0.4) is 0 Å². The van der Waals surface area contributed by atoms with Crippen LogP contribution in [0.5, 0.6) is 34.5 Å². The molecule has 5 rings (SSSR count). The minimum absolute atomic E-state index is 0.0350. The van der Waals surface area contributed by atoms with Crippen molar-refractivity contribution in [3.63, 3.8) is 0 Å². The summed E-state index contributed by atoms with van der Waals surface area (Å²) in [7, 11) is 0. The summed E-state index contributed by atoms with van der Waals surface area (Å²) in [5, 5.41) is 83.4. The van der Waals surface area contributed by atoms with Crippen LogP contribution in [0.4, 0.5) is 0 Å². The Balaban J connectivity index is 1.45. The zero-order valence-corrected chi connectivity index (χ0v) is 21.4. The monoisotopic (exact) mass is 568 g/mol. The molecule has 0 bridgehead atoms. The highest BCUT2D eigenvalue weighted by molar-refractivity contribution is 5.87. The second-order valence-corrected chi connectivity index (χ2v) is 9.78. The first-order valence-electron chi connectivity index (χ1n) is 12.6. The van der Waals surface area contributed by atoms with E-state index in [1.165, 1.54) is 42.5 Å². The number of phenolic OH excluding ortho intramolecular Hbond substituents is 4. The maximum atomic E-state index is 12.3. The number of ether oxygens (including phenoxy) is 3. The van der Waals surface area contributed by atoms with E-state index in [1.54, 1.807) is 12.1 Å². The molecule has 1 fully saturated rings. The molecule has 0 aromatic heterocycles. The minimum Gasteiger partial charge on any atom is -0.508 e. The molecule has 216 valence electrons. The molecule has 0 radical (unpaired) electrons. The molecule has 0 amide bonds. The summed E-state index contributed by atoms with van der Waals surface area (Å²) >= 11 is 0. The van der Waals surface area contributed by atoms with Crippen LogP contribution in [0, 0.1) is 0 Å². The molecule has 0 unspecified atom stereocenters. The summed E-state index contributed by atoms with van der Waals surface area (Å²) in [6.07, 6.45) is -5.41. The van der Waals surface area contributed by atoms with Crippen molar-refractivity contribution in [2.45, 2.75) is 43.0 Å². The number of carbonyl (C=O) groups is 1. The van der Waals surface area contributed by atoms with Crippen LogP contribution in [0.25, 0.3) is 6.08 Å². The average molecular weight is 569 g/mol. The van der Waals surface area contributed by atoms with Crippen LogP contribution in [0.1, 0.15) is 28.2 Å². The smallest absolute Gasteiger partial charge is 0.330 e. The van der Waals surface area contributed by atoms with E-state index in [9.17, 15) is 45.6 Å². The molecule has 2 heterocycles. The average Bonchev–Trinajstić information content (AvgIpc) is 2.96. The van der Waals surface area contributed by atoms with E-state index >= 15 is 0 Å². The highest BCUT2D eigenvalue weighted by Gasteiger charge is 2.50. The Labute approximate surface area is 233 Å². The molecular weight excluding hydrogens is 540 g/mol. The van der Waals surface area contributed by atoms with Crippen molar-refractivity contribution in [1.82, 2.24) is 0 Å². The molecule has 1 saturated heterocycles. The topological polar surface area (TPSA) is 207 Å². The van der Waals surface area contributed by atoms with Gasteiger partial charge in [0.1, 0.15) is 42.5 Å². The van der Waals surface area contributed by atoms with Crippen molar-refractivity contribution in [2.24, 2.45) is 0 Å². The van der Waals surface area contributed by atoms with Crippen LogP contribution in [-0.2, 0) is 20.9 Å². The lowest BCUT2D eigenvalue weighted by atomic mass is 9.77. The standard InChI is InChI=1S/C29H28O12/c30-11-14-9-16-22(23-17(32)6-7-18(33)28(23)41-27(16)19(34)10-14)29-26(38)25(37)24(36)20(40-29)12-39-21(35)8-3-13-1-4-15(31)5-2-13/h1-10,20,22,24-26,29-34,36-38H,11-12H2/t20-,22+,24-,25+,26-,29-/m1/s1. The summed E-state index contributed by atoms with van der Waals surface area (Å²) in [5.41, 5.74) is 0.988. The van der Waals surface area contributed by atoms with Gasteiger partial charge in [0, 0.05) is 17.6 Å². The van der Waals surface area contributed by atoms with Crippen LogP contribution in [0.15, 0.2) is 54.6 Å². The van der Waals surface area contributed by atoms with E-state index in [-0.39, 0.29) is 39.7 Å². The van der Waals surface area contributed by atoms with E-state index in [0.717, 1.165) is 6.08 Å². The quantitative estimate of drug-likeness (QED) is 0.120. The van der Waals surface area contributed by atoms with Gasteiger partial charge >= 0.3 is 5.97 Å². The summed E-state index contributed by atoms with van der Waals surface area (Å²) in [6, 6.07) is 11.1. The fraction of sp³-hybridized carbons (Fsp3) is 0.276. The highest BCUT2D eigenvalue weighted by atomic mass is 16.6. The van der Waals surface area contributed by atoms with Crippen molar-refractivity contribution in [2.75, 3.05) is 6.61 Å². The Kier molecular flexibility index (Phi) is 7.76. The number of benzene rings is 3. The summed E-state index contributed by atoms with van der Waals surface area (Å²) in [5.74, 6) is -3.45. The molecule has 0 spiro atoms. The summed E-state index contributed by atoms with van der Waals surface area (Å²) in [4.78, 5) is 12.3. The molecule has 2 aliphatic heterocycles. The molecule has 12 heteroatoms. The third-order valence-corrected chi connectivity index (χ3v) is 7.12. The fourth-order valence-electron chi connectivity index (χ4n) is 5.07. The van der Waals surface area contributed by atoms with E-state index in [2.05, 4.69) is 0 Å². The van der Waals surface area contributed by atoms with Gasteiger partial charge in [-0.05, 0) is 53.6 Å². The van der Waals surface area contributed by atoms with Gasteiger partial charge in [-0.15, -0.1) is 0 Å². The van der Waals surface area contributed by atoms with Gasteiger partial charge in [0.15, 0.2) is 23.0 Å². The molecule has 8 N–H and O–H groups in total. The molecule has 3 aromatic rings. The third-order valence-electron chi connectivity index (χ3n) is 7.12. The predicted octanol–water partition coefficient (Wildman–Crippen LogP) is 1.35. The van der Waals surface area contributed by atoms with Crippen molar-refractivity contribution in [1.29, 1.82) is 0 Å². The molecule has 6 atom stereocenters. The van der Waals surface area contributed by atoms with Gasteiger partial charge in [-0.25, -0.2) is 4.79 Å². The van der Waals surface area contributed by atoms with Gasteiger partial charge in [-0.1, -0.05) is 12.1 Å². The zero-order valence-electron chi connectivity index (χ0n) is 21.4. The Hall–Kier alpha value is -4.33. The number of aromatic hydroxyl groups is 4. The van der Waals surface area contributed by atoms with Gasteiger partial charge in [0.25, 0.3) is 0 Å². The van der Waals surface area contributed by atoms with Crippen LogP contribution in [0.2, 0.25) is 0 Å². The molecule has 0 saturated carbocycles. The maximum absolute atomic E-state index is 12.3. The van der Waals surface area contributed by atoms with Crippen molar-refractivity contribution >= 4 is 12.0 Å². The van der Waals surface area contributed by atoms with E-state index in [0.29, 0.717) is 5.56 Å². The maximum Gasteiger partial charge on any atom is 0.330 e. The molecule has 2 aliphatic rings. The van der Waals surface area contributed by atoms with Crippen molar-refractivity contribution in [3.05, 3.63) is 76.9 Å². The lowest BCUT2D eigenvalue weighted by molar-refractivity contribution is -0.234. The molecule has 41 heavy (non-hydrogen) atoms. The number of fused-ring (bicyclic) bond motifs is 2. The Morgan fingerprint density at radius 2 is 1.56 bits per heavy atom. The predicted molar refractivity (Wildman–Crippen MR) is 140 cm³/mol. The molecular formula is C29H28O12. The number of rotatable bonds is 6. The Morgan fingerprint density at radius 3 is 2.27 bits per heavy atom. The van der Waals surface area contributed by atoms with Gasteiger partial charge in [0.2, 0.25) is 0 Å².